The van der Waals surface area contributed by atoms with E-state index in [4.69, 9.17) is 16.7 Å². The molecular formula is C14H8Br2ClNO3. The van der Waals surface area contributed by atoms with Crippen molar-refractivity contribution in [3.8, 4) is 0 Å². The maximum Gasteiger partial charge on any atom is 0.335 e. The van der Waals surface area contributed by atoms with E-state index in [0.29, 0.717) is 20.7 Å². The monoisotopic (exact) mass is 431 g/mol. The lowest BCUT2D eigenvalue weighted by atomic mass is 10.1. The number of hydrogen-bond donors (Lipinski definition) is 2. The van der Waals surface area contributed by atoms with Gasteiger partial charge in [0.2, 0.25) is 0 Å². The van der Waals surface area contributed by atoms with Crippen LogP contribution in [0, 0.1) is 0 Å². The lowest BCUT2D eigenvalue weighted by Crippen LogP contribution is -2.13. The highest BCUT2D eigenvalue weighted by atomic mass is 79.9. The molecule has 0 bridgehead atoms. The summed E-state index contributed by atoms with van der Waals surface area (Å²) < 4.78 is 1.34. The summed E-state index contributed by atoms with van der Waals surface area (Å²) in [5.74, 6) is -1.49. The van der Waals surface area contributed by atoms with Gasteiger partial charge < -0.3 is 10.4 Å². The van der Waals surface area contributed by atoms with Gasteiger partial charge in [0.15, 0.2) is 0 Å². The van der Waals surface area contributed by atoms with Gasteiger partial charge in [-0.05, 0) is 52.3 Å². The standard InChI is InChI=1S/C14H8Br2ClNO3/c15-8-2-3-9(11(17)6-8)13(19)18-12-5-7(14(20)21)1-4-10(12)16/h1-6H,(H,18,19)(H,20,21). The number of nitrogens with one attached hydrogen (secondary N) is 1. The zero-order valence-electron chi connectivity index (χ0n) is 10.4. The summed E-state index contributed by atoms with van der Waals surface area (Å²) in [4.78, 5) is 23.2. The predicted molar refractivity (Wildman–Crippen MR) is 88.2 cm³/mol. The van der Waals surface area contributed by atoms with E-state index in [-0.39, 0.29) is 5.56 Å². The smallest absolute Gasteiger partial charge is 0.335 e. The first-order valence-corrected chi connectivity index (χ1v) is 7.64. The van der Waals surface area contributed by atoms with Crippen molar-refractivity contribution in [2.75, 3.05) is 5.32 Å². The second-order valence-corrected chi connectivity index (χ2v) is 6.26. The number of carbonyl (C=O) groups is 2. The summed E-state index contributed by atoms with van der Waals surface area (Å²) in [5, 5.41) is 11.9. The van der Waals surface area contributed by atoms with Crippen LogP contribution in [0.4, 0.5) is 5.69 Å². The van der Waals surface area contributed by atoms with Crippen molar-refractivity contribution in [2.45, 2.75) is 0 Å². The molecule has 0 saturated heterocycles. The molecule has 0 radical (unpaired) electrons. The van der Waals surface area contributed by atoms with Crippen molar-refractivity contribution in [3.05, 3.63) is 61.5 Å². The minimum absolute atomic E-state index is 0.0791. The summed E-state index contributed by atoms with van der Waals surface area (Å²) in [6.07, 6.45) is 0. The van der Waals surface area contributed by atoms with E-state index in [1.807, 2.05) is 0 Å². The molecule has 0 saturated carbocycles. The number of rotatable bonds is 3. The molecule has 0 fully saturated rings. The number of halogens is 3. The van der Waals surface area contributed by atoms with E-state index < -0.39 is 11.9 Å². The van der Waals surface area contributed by atoms with E-state index in [9.17, 15) is 9.59 Å². The van der Waals surface area contributed by atoms with Crippen LogP contribution in [-0.4, -0.2) is 17.0 Å². The first kappa shape index (κ1) is 16.0. The average molecular weight is 433 g/mol. The van der Waals surface area contributed by atoms with Crippen molar-refractivity contribution >= 4 is 61.0 Å². The Bertz CT molecular complexity index is 734. The number of carbonyl (C=O) groups excluding carboxylic acids is 1. The number of amides is 1. The number of aromatic carboxylic acids is 1. The molecule has 4 nitrogen and oxygen atoms in total. The fourth-order valence-corrected chi connectivity index (χ4v) is 2.72. The highest BCUT2D eigenvalue weighted by Gasteiger charge is 2.14. The topological polar surface area (TPSA) is 66.4 Å². The Morgan fingerprint density at radius 3 is 2.43 bits per heavy atom. The van der Waals surface area contributed by atoms with Gasteiger partial charge >= 0.3 is 5.97 Å². The van der Waals surface area contributed by atoms with Gasteiger partial charge in [0, 0.05) is 8.95 Å². The highest BCUT2D eigenvalue weighted by molar-refractivity contribution is 9.10. The molecule has 108 valence electrons. The molecule has 0 unspecified atom stereocenters. The maximum atomic E-state index is 12.2. The van der Waals surface area contributed by atoms with Crippen molar-refractivity contribution in [2.24, 2.45) is 0 Å². The third-order valence-electron chi connectivity index (χ3n) is 2.64. The summed E-state index contributed by atoms with van der Waals surface area (Å²) in [7, 11) is 0. The lowest BCUT2D eigenvalue weighted by Gasteiger charge is -2.09. The minimum atomic E-state index is -1.07. The fourth-order valence-electron chi connectivity index (χ4n) is 1.62. The molecule has 0 spiro atoms. The van der Waals surface area contributed by atoms with E-state index in [2.05, 4.69) is 37.2 Å². The number of benzene rings is 2. The second-order valence-electron chi connectivity index (χ2n) is 4.08. The van der Waals surface area contributed by atoms with E-state index >= 15 is 0 Å². The molecule has 2 rings (SSSR count). The Hall–Kier alpha value is -1.37. The van der Waals surface area contributed by atoms with Gasteiger partial charge in [-0.2, -0.15) is 0 Å². The van der Waals surface area contributed by atoms with Gasteiger partial charge in [-0.1, -0.05) is 27.5 Å². The van der Waals surface area contributed by atoms with E-state index in [0.717, 1.165) is 4.47 Å². The third-order valence-corrected chi connectivity index (χ3v) is 4.13. The lowest BCUT2D eigenvalue weighted by molar-refractivity contribution is 0.0696. The van der Waals surface area contributed by atoms with Crippen molar-refractivity contribution in [1.82, 2.24) is 0 Å². The first-order valence-electron chi connectivity index (χ1n) is 5.67. The molecule has 2 N–H and O–H groups in total. The molecular weight excluding hydrogens is 425 g/mol. The zero-order chi connectivity index (χ0) is 15.6. The molecule has 2 aromatic carbocycles. The molecule has 0 atom stereocenters. The SMILES string of the molecule is O=C(O)c1ccc(Br)c(NC(=O)c2ccc(Br)cc2Cl)c1. The molecule has 1 amide bonds. The van der Waals surface area contributed by atoms with Crippen LogP contribution in [0.1, 0.15) is 20.7 Å². The summed E-state index contributed by atoms with van der Waals surface area (Å²) in [6, 6.07) is 9.26. The molecule has 0 heterocycles. The summed E-state index contributed by atoms with van der Waals surface area (Å²) in [6.45, 7) is 0. The van der Waals surface area contributed by atoms with Crippen LogP contribution in [0.15, 0.2) is 45.3 Å². The van der Waals surface area contributed by atoms with Gasteiger partial charge in [0.25, 0.3) is 5.91 Å². The largest absolute Gasteiger partial charge is 0.478 e. The quantitative estimate of drug-likeness (QED) is 0.730. The highest BCUT2D eigenvalue weighted by Crippen LogP contribution is 2.26. The van der Waals surface area contributed by atoms with Crippen LogP contribution in [-0.2, 0) is 0 Å². The van der Waals surface area contributed by atoms with Crippen LogP contribution >= 0.6 is 43.5 Å². The molecule has 21 heavy (non-hydrogen) atoms. The minimum Gasteiger partial charge on any atom is -0.478 e. The van der Waals surface area contributed by atoms with Crippen LogP contribution in [0.3, 0.4) is 0 Å². The summed E-state index contributed by atoms with van der Waals surface area (Å²) >= 11 is 12.5. The van der Waals surface area contributed by atoms with Gasteiger partial charge in [-0.3, -0.25) is 4.79 Å². The predicted octanol–water partition coefficient (Wildman–Crippen LogP) is 4.82. The van der Waals surface area contributed by atoms with Crippen LogP contribution in [0.25, 0.3) is 0 Å². The van der Waals surface area contributed by atoms with Crippen molar-refractivity contribution in [3.63, 3.8) is 0 Å². The number of hydrogen-bond acceptors (Lipinski definition) is 2. The number of carboxylic acids is 1. The van der Waals surface area contributed by atoms with Crippen LogP contribution in [0.5, 0.6) is 0 Å². The third kappa shape index (κ3) is 3.84. The van der Waals surface area contributed by atoms with Crippen molar-refractivity contribution in [1.29, 1.82) is 0 Å². The Morgan fingerprint density at radius 1 is 1.10 bits per heavy atom. The van der Waals surface area contributed by atoms with Gasteiger partial charge in [0.1, 0.15) is 0 Å². The number of carboxylic acid groups (broad SMARTS) is 1. The van der Waals surface area contributed by atoms with Gasteiger partial charge in [-0.15, -0.1) is 0 Å². The molecule has 0 aliphatic heterocycles. The van der Waals surface area contributed by atoms with Gasteiger partial charge in [0.05, 0.1) is 21.8 Å². The van der Waals surface area contributed by atoms with E-state index in [1.54, 1.807) is 24.3 Å². The molecule has 2 aromatic rings. The normalized spacial score (nSPS) is 10.2. The Kier molecular flexibility index (Phi) is 5.03. The number of anilines is 1. The first-order chi connectivity index (χ1) is 9.88. The maximum absolute atomic E-state index is 12.2. The molecule has 0 aliphatic rings. The molecule has 0 aliphatic carbocycles. The van der Waals surface area contributed by atoms with Gasteiger partial charge in [-0.25, -0.2) is 4.79 Å². The second kappa shape index (κ2) is 6.60. The molecule has 7 heteroatoms. The Balaban J connectivity index is 2.31. The van der Waals surface area contributed by atoms with Crippen LogP contribution < -0.4 is 5.32 Å². The molecule has 0 aromatic heterocycles. The average Bonchev–Trinajstić information content (AvgIpc) is 2.40. The fraction of sp³-hybridized carbons (Fsp3) is 0. The van der Waals surface area contributed by atoms with E-state index in [1.165, 1.54) is 12.1 Å². The van der Waals surface area contributed by atoms with Crippen molar-refractivity contribution < 1.29 is 14.7 Å². The Morgan fingerprint density at radius 2 is 1.81 bits per heavy atom. The Labute approximate surface area is 142 Å². The van der Waals surface area contributed by atoms with Crippen LogP contribution in [0.2, 0.25) is 5.02 Å². The summed E-state index contributed by atoms with van der Waals surface area (Å²) in [5.41, 5.74) is 0.738. The zero-order valence-corrected chi connectivity index (χ0v) is 14.3.